The van der Waals surface area contributed by atoms with Gasteiger partial charge in [-0.2, -0.15) is 0 Å². The molecule has 1 unspecified atom stereocenters. The van der Waals surface area contributed by atoms with Crippen molar-refractivity contribution in [1.82, 2.24) is 19.9 Å². The molecule has 1 atom stereocenters. The van der Waals surface area contributed by atoms with E-state index >= 15 is 0 Å². The topological polar surface area (TPSA) is 42.7 Å². The lowest BCUT2D eigenvalue weighted by atomic mass is 10.1. The molecule has 2 aromatic rings. The van der Waals surface area contributed by atoms with E-state index in [0.717, 1.165) is 43.9 Å². The van der Waals surface area contributed by atoms with Crippen LogP contribution in [0.5, 0.6) is 0 Å². The SMILES string of the molecule is CCCNC(Cc1ccccn1)c1nccn1CCC. The Hall–Kier alpha value is -1.68. The van der Waals surface area contributed by atoms with Crippen molar-refractivity contribution in [3.63, 3.8) is 0 Å². The average molecular weight is 272 g/mol. The molecule has 0 aliphatic rings. The predicted octanol–water partition coefficient (Wildman–Crippen LogP) is 2.97. The van der Waals surface area contributed by atoms with Crippen molar-refractivity contribution >= 4 is 0 Å². The van der Waals surface area contributed by atoms with Gasteiger partial charge in [-0.05, 0) is 31.5 Å². The fourth-order valence-electron chi connectivity index (χ4n) is 2.36. The summed E-state index contributed by atoms with van der Waals surface area (Å²) in [6, 6.07) is 6.30. The normalized spacial score (nSPS) is 12.5. The van der Waals surface area contributed by atoms with E-state index in [2.05, 4.69) is 46.0 Å². The van der Waals surface area contributed by atoms with E-state index in [9.17, 15) is 0 Å². The largest absolute Gasteiger partial charge is 0.334 e. The second kappa shape index (κ2) is 7.80. The summed E-state index contributed by atoms with van der Waals surface area (Å²) in [6.07, 6.45) is 8.93. The molecule has 0 aliphatic heterocycles. The first-order valence-corrected chi connectivity index (χ1v) is 7.49. The van der Waals surface area contributed by atoms with E-state index in [1.165, 1.54) is 0 Å². The highest BCUT2D eigenvalue weighted by Gasteiger charge is 2.17. The van der Waals surface area contributed by atoms with Crippen molar-refractivity contribution in [2.45, 2.75) is 45.7 Å². The van der Waals surface area contributed by atoms with E-state index < -0.39 is 0 Å². The van der Waals surface area contributed by atoms with E-state index in [1.807, 2.05) is 24.5 Å². The molecule has 0 saturated heterocycles. The summed E-state index contributed by atoms with van der Waals surface area (Å²) in [4.78, 5) is 8.99. The number of hydrogen-bond donors (Lipinski definition) is 1. The van der Waals surface area contributed by atoms with Crippen LogP contribution < -0.4 is 5.32 Å². The quantitative estimate of drug-likeness (QED) is 0.803. The van der Waals surface area contributed by atoms with Crippen LogP contribution in [0.25, 0.3) is 0 Å². The number of aromatic nitrogens is 3. The second-order valence-corrected chi connectivity index (χ2v) is 5.01. The third kappa shape index (κ3) is 3.90. The lowest BCUT2D eigenvalue weighted by Crippen LogP contribution is -2.27. The van der Waals surface area contributed by atoms with E-state index in [-0.39, 0.29) is 6.04 Å². The summed E-state index contributed by atoms with van der Waals surface area (Å²) >= 11 is 0. The van der Waals surface area contributed by atoms with Crippen LogP contribution in [0, 0.1) is 0 Å². The van der Waals surface area contributed by atoms with Gasteiger partial charge in [0.1, 0.15) is 5.82 Å². The minimum Gasteiger partial charge on any atom is -0.334 e. The molecule has 2 rings (SSSR count). The molecule has 0 amide bonds. The number of aryl methyl sites for hydroxylation is 1. The Bertz CT molecular complexity index is 492. The molecular weight excluding hydrogens is 248 g/mol. The summed E-state index contributed by atoms with van der Waals surface area (Å²) in [6.45, 7) is 6.39. The molecule has 4 heteroatoms. The first-order valence-electron chi connectivity index (χ1n) is 7.49. The van der Waals surface area contributed by atoms with Gasteiger partial charge in [0, 0.05) is 37.3 Å². The molecule has 20 heavy (non-hydrogen) atoms. The van der Waals surface area contributed by atoms with Crippen molar-refractivity contribution < 1.29 is 0 Å². The van der Waals surface area contributed by atoms with Crippen LogP contribution in [0.2, 0.25) is 0 Å². The van der Waals surface area contributed by atoms with Crippen molar-refractivity contribution in [1.29, 1.82) is 0 Å². The number of rotatable bonds is 8. The van der Waals surface area contributed by atoms with E-state index in [1.54, 1.807) is 0 Å². The Kier molecular flexibility index (Phi) is 5.74. The number of pyridine rings is 1. The molecule has 2 heterocycles. The smallest absolute Gasteiger partial charge is 0.126 e. The van der Waals surface area contributed by atoms with Gasteiger partial charge in [-0.1, -0.05) is 19.9 Å². The number of nitrogens with zero attached hydrogens (tertiary/aromatic N) is 3. The third-order valence-corrected chi connectivity index (χ3v) is 3.30. The van der Waals surface area contributed by atoms with Crippen molar-refractivity contribution in [3.8, 4) is 0 Å². The lowest BCUT2D eigenvalue weighted by Gasteiger charge is -2.19. The van der Waals surface area contributed by atoms with Crippen LogP contribution in [-0.2, 0) is 13.0 Å². The standard InChI is InChI=1S/C16H24N4/c1-3-8-18-15(13-14-7-5-6-9-17-14)16-19-10-12-20(16)11-4-2/h5-7,9-10,12,15,18H,3-4,8,11,13H2,1-2H3. The van der Waals surface area contributed by atoms with Crippen LogP contribution >= 0.6 is 0 Å². The van der Waals surface area contributed by atoms with Crippen molar-refractivity contribution in [3.05, 3.63) is 48.3 Å². The molecule has 0 aromatic carbocycles. The molecule has 0 radical (unpaired) electrons. The number of hydrogen-bond acceptors (Lipinski definition) is 3. The van der Waals surface area contributed by atoms with Gasteiger partial charge in [0.05, 0.1) is 6.04 Å². The Morgan fingerprint density at radius 1 is 1.15 bits per heavy atom. The summed E-state index contributed by atoms with van der Waals surface area (Å²) in [7, 11) is 0. The van der Waals surface area contributed by atoms with Crippen LogP contribution in [0.3, 0.4) is 0 Å². The summed E-state index contributed by atoms with van der Waals surface area (Å²) in [5.41, 5.74) is 1.10. The molecule has 4 nitrogen and oxygen atoms in total. The first-order chi connectivity index (χ1) is 9.85. The molecule has 0 spiro atoms. The molecule has 0 aliphatic carbocycles. The van der Waals surface area contributed by atoms with Gasteiger partial charge in [-0.25, -0.2) is 4.98 Å². The number of nitrogens with one attached hydrogen (secondary N) is 1. The Morgan fingerprint density at radius 3 is 2.75 bits per heavy atom. The fraction of sp³-hybridized carbons (Fsp3) is 0.500. The van der Waals surface area contributed by atoms with Crippen LogP contribution in [-0.4, -0.2) is 21.1 Å². The Morgan fingerprint density at radius 2 is 2.05 bits per heavy atom. The monoisotopic (exact) mass is 272 g/mol. The highest BCUT2D eigenvalue weighted by atomic mass is 15.1. The van der Waals surface area contributed by atoms with Gasteiger partial charge in [0.25, 0.3) is 0 Å². The molecule has 2 aromatic heterocycles. The van der Waals surface area contributed by atoms with Crippen LogP contribution in [0.15, 0.2) is 36.8 Å². The van der Waals surface area contributed by atoms with E-state index in [0.29, 0.717) is 0 Å². The maximum atomic E-state index is 4.56. The fourth-order valence-corrected chi connectivity index (χ4v) is 2.36. The van der Waals surface area contributed by atoms with Gasteiger partial charge in [-0.15, -0.1) is 0 Å². The van der Waals surface area contributed by atoms with E-state index in [4.69, 9.17) is 0 Å². The highest BCUT2D eigenvalue weighted by Crippen LogP contribution is 2.16. The Balaban J connectivity index is 2.16. The predicted molar refractivity (Wildman–Crippen MR) is 81.5 cm³/mol. The van der Waals surface area contributed by atoms with Gasteiger partial charge in [0.15, 0.2) is 0 Å². The van der Waals surface area contributed by atoms with Gasteiger partial charge in [0.2, 0.25) is 0 Å². The maximum absolute atomic E-state index is 4.56. The average Bonchev–Trinajstić information content (AvgIpc) is 2.93. The molecular formula is C16H24N4. The third-order valence-electron chi connectivity index (χ3n) is 3.30. The molecule has 0 saturated carbocycles. The number of imidazole rings is 1. The second-order valence-electron chi connectivity index (χ2n) is 5.01. The minimum absolute atomic E-state index is 0.228. The Labute approximate surface area is 121 Å². The first kappa shape index (κ1) is 14.7. The van der Waals surface area contributed by atoms with Crippen molar-refractivity contribution in [2.75, 3.05) is 6.54 Å². The highest BCUT2D eigenvalue weighted by molar-refractivity contribution is 5.09. The summed E-state index contributed by atoms with van der Waals surface area (Å²) < 4.78 is 2.25. The maximum Gasteiger partial charge on any atom is 0.126 e. The van der Waals surface area contributed by atoms with Crippen LogP contribution in [0.4, 0.5) is 0 Å². The summed E-state index contributed by atoms with van der Waals surface area (Å²) in [5.74, 6) is 1.12. The zero-order valence-electron chi connectivity index (χ0n) is 12.4. The van der Waals surface area contributed by atoms with Gasteiger partial charge in [-0.3, -0.25) is 4.98 Å². The molecule has 108 valence electrons. The lowest BCUT2D eigenvalue weighted by molar-refractivity contribution is 0.472. The summed E-state index contributed by atoms with van der Waals surface area (Å²) in [5, 5.41) is 3.60. The molecule has 0 bridgehead atoms. The van der Waals surface area contributed by atoms with Crippen LogP contribution in [0.1, 0.15) is 44.2 Å². The molecule has 1 N–H and O–H groups in total. The van der Waals surface area contributed by atoms with Gasteiger partial charge < -0.3 is 9.88 Å². The van der Waals surface area contributed by atoms with Gasteiger partial charge >= 0.3 is 0 Å². The minimum atomic E-state index is 0.228. The molecule has 0 fully saturated rings. The zero-order chi connectivity index (χ0) is 14.2. The van der Waals surface area contributed by atoms with Crippen molar-refractivity contribution in [2.24, 2.45) is 0 Å². The zero-order valence-corrected chi connectivity index (χ0v) is 12.4.